The summed E-state index contributed by atoms with van der Waals surface area (Å²) in [5.41, 5.74) is 0.921. The van der Waals surface area contributed by atoms with E-state index in [1.165, 1.54) is 11.3 Å². The topological polar surface area (TPSA) is 62.2 Å². The molecular formula is C11H18N2O2S. The van der Waals surface area contributed by atoms with Crippen molar-refractivity contribution in [3.05, 3.63) is 11.1 Å². The van der Waals surface area contributed by atoms with Gasteiger partial charge in [0.05, 0.1) is 12.1 Å². The number of nitrogens with zero attached hydrogens (tertiary/aromatic N) is 1. The summed E-state index contributed by atoms with van der Waals surface area (Å²) in [4.78, 5) is 14.7. The minimum atomic E-state index is -0.841. The van der Waals surface area contributed by atoms with E-state index in [0.29, 0.717) is 11.1 Å². The van der Waals surface area contributed by atoms with Crippen LogP contribution in [-0.4, -0.2) is 22.6 Å². The molecule has 0 bridgehead atoms. The quantitative estimate of drug-likeness (QED) is 0.833. The number of carboxylic acids is 1. The van der Waals surface area contributed by atoms with Crippen LogP contribution in [0.25, 0.3) is 0 Å². The molecule has 0 amide bonds. The fourth-order valence-electron chi connectivity index (χ4n) is 1.17. The molecule has 16 heavy (non-hydrogen) atoms. The first kappa shape index (κ1) is 13.0. The number of rotatable bonds is 5. The number of nitrogens with one attached hydrogen (secondary N) is 1. The lowest BCUT2D eigenvalue weighted by atomic mass is 9.92. The second kappa shape index (κ2) is 5.30. The van der Waals surface area contributed by atoms with Gasteiger partial charge in [-0.25, -0.2) is 4.98 Å². The number of thiazole rings is 1. The smallest absolute Gasteiger partial charge is 0.309 e. The fourth-order valence-corrected chi connectivity index (χ4v) is 1.91. The summed E-state index contributed by atoms with van der Waals surface area (Å²) in [6.45, 7) is 7.43. The van der Waals surface area contributed by atoms with Crippen LogP contribution in [0.2, 0.25) is 0 Å². The Hall–Kier alpha value is -1.10. The van der Waals surface area contributed by atoms with E-state index in [2.05, 4.69) is 31.1 Å². The van der Waals surface area contributed by atoms with Crippen molar-refractivity contribution in [1.29, 1.82) is 0 Å². The molecule has 0 aliphatic carbocycles. The van der Waals surface area contributed by atoms with Crippen LogP contribution in [0.5, 0.6) is 0 Å². The predicted octanol–water partition coefficient (Wildman–Crippen LogP) is 2.62. The molecule has 0 atom stereocenters. The molecule has 1 heterocycles. The van der Waals surface area contributed by atoms with E-state index < -0.39 is 5.97 Å². The molecule has 4 nitrogen and oxygen atoms in total. The molecule has 0 saturated carbocycles. The third kappa shape index (κ3) is 5.11. The average Bonchev–Trinajstić information content (AvgIpc) is 2.49. The van der Waals surface area contributed by atoms with E-state index in [0.717, 1.165) is 18.1 Å². The third-order valence-electron chi connectivity index (χ3n) is 2.04. The number of carboxylic acid groups (broad SMARTS) is 1. The van der Waals surface area contributed by atoms with Gasteiger partial charge < -0.3 is 10.4 Å². The summed E-state index contributed by atoms with van der Waals surface area (Å²) < 4.78 is 0. The van der Waals surface area contributed by atoms with E-state index in [-0.39, 0.29) is 6.42 Å². The van der Waals surface area contributed by atoms with Crippen molar-refractivity contribution in [2.75, 3.05) is 11.9 Å². The fraction of sp³-hybridized carbons (Fsp3) is 0.636. The zero-order valence-electron chi connectivity index (χ0n) is 9.91. The largest absolute Gasteiger partial charge is 0.481 e. The van der Waals surface area contributed by atoms with Gasteiger partial charge in [0, 0.05) is 11.9 Å². The maximum Gasteiger partial charge on any atom is 0.309 e. The summed E-state index contributed by atoms with van der Waals surface area (Å²) in [5.74, 6) is -0.841. The van der Waals surface area contributed by atoms with Crippen molar-refractivity contribution in [1.82, 2.24) is 4.98 Å². The molecule has 5 heteroatoms. The molecular weight excluding hydrogens is 224 g/mol. The van der Waals surface area contributed by atoms with E-state index in [1.54, 1.807) is 5.38 Å². The zero-order valence-corrected chi connectivity index (χ0v) is 10.7. The second-order valence-corrected chi connectivity index (χ2v) is 5.81. The van der Waals surface area contributed by atoms with Gasteiger partial charge in [-0.1, -0.05) is 20.8 Å². The summed E-state index contributed by atoms with van der Waals surface area (Å²) in [5, 5.41) is 14.4. The van der Waals surface area contributed by atoms with Crippen molar-refractivity contribution in [2.45, 2.75) is 33.6 Å². The summed E-state index contributed by atoms with van der Waals surface area (Å²) in [6.07, 6.45) is 1.05. The molecule has 1 rings (SSSR count). The molecule has 1 aromatic rings. The first-order valence-electron chi connectivity index (χ1n) is 5.27. The number of aromatic nitrogens is 1. The minimum Gasteiger partial charge on any atom is -0.481 e. The molecule has 0 aliphatic rings. The van der Waals surface area contributed by atoms with Crippen LogP contribution in [0.4, 0.5) is 5.13 Å². The van der Waals surface area contributed by atoms with Gasteiger partial charge in [-0.2, -0.15) is 0 Å². The van der Waals surface area contributed by atoms with Gasteiger partial charge in [0.2, 0.25) is 0 Å². The van der Waals surface area contributed by atoms with Gasteiger partial charge in [-0.15, -0.1) is 11.3 Å². The highest BCUT2D eigenvalue weighted by Gasteiger charge is 2.10. The number of hydrogen-bond acceptors (Lipinski definition) is 4. The Bertz CT molecular complexity index is 355. The van der Waals surface area contributed by atoms with Crippen LogP contribution >= 0.6 is 11.3 Å². The molecule has 0 unspecified atom stereocenters. The van der Waals surface area contributed by atoms with Gasteiger partial charge >= 0.3 is 5.97 Å². The highest BCUT2D eigenvalue weighted by molar-refractivity contribution is 7.13. The number of carbonyl (C=O) groups is 1. The monoisotopic (exact) mass is 242 g/mol. The number of aliphatic carboxylic acids is 1. The van der Waals surface area contributed by atoms with E-state index >= 15 is 0 Å². The van der Waals surface area contributed by atoms with Crippen LogP contribution in [-0.2, 0) is 11.2 Å². The molecule has 0 aromatic carbocycles. The lowest BCUT2D eigenvalue weighted by Gasteiger charge is -2.17. The number of hydrogen-bond donors (Lipinski definition) is 2. The van der Waals surface area contributed by atoms with Crippen molar-refractivity contribution in [2.24, 2.45) is 5.41 Å². The van der Waals surface area contributed by atoms with Crippen molar-refractivity contribution < 1.29 is 9.90 Å². The van der Waals surface area contributed by atoms with Gasteiger partial charge in [0.25, 0.3) is 0 Å². The van der Waals surface area contributed by atoms with Crippen LogP contribution in [0.15, 0.2) is 5.38 Å². The molecule has 1 aromatic heterocycles. The third-order valence-corrected chi connectivity index (χ3v) is 2.88. The van der Waals surface area contributed by atoms with Gasteiger partial charge in [-0.3, -0.25) is 4.79 Å². The number of anilines is 1. The Morgan fingerprint density at radius 2 is 2.25 bits per heavy atom. The van der Waals surface area contributed by atoms with Crippen molar-refractivity contribution in [3.8, 4) is 0 Å². The van der Waals surface area contributed by atoms with E-state index in [1.807, 2.05) is 0 Å². The average molecular weight is 242 g/mol. The van der Waals surface area contributed by atoms with Crippen LogP contribution in [0, 0.1) is 5.41 Å². The SMILES string of the molecule is CC(C)(C)CCNc1nc(CC(=O)O)cs1. The van der Waals surface area contributed by atoms with Gasteiger partial charge in [0.15, 0.2) is 5.13 Å². The standard InChI is InChI=1S/C11H18N2O2S/c1-11(2,3)4-5-12-10-13-8(7-16-10)6-9(14)15/h7H,4-6H2,1-3H3,(H,12,13)(H,14,15). The summed E-state index contributed by atoms with van der Waals surface area (Å²) in [6, 6.07) is 0. The maximum absolute atomic E-state index is 10.5. The minimum absolute atomic E-state index is 0.00253. The van der Waals surface area contributed by atoms with E-state index in [4.69, 9.17) is 5.11 Å². The highest BCUT2D eigenvalue weighted by Crippen LogP contribution is 2.20. The Morgan fingerprint density at radius 1 is 1.56 bits per heavy atom. The normalized spacial score (nSPS) is 11.4. The Balaban J connectivity index is 2.38. The molecule has 0 aliphatic heterocycles. The molecule has 2 N–H and O–H groups in total. The summed E-state index contributed by atoms with van der Waals surface area (Å²) >= 11 is 1.46. The second-order valence-electron chi connectivity index (χ2n) is 4.95. The van der Waals surface area contributed by atoms with Crippen LogP contribution < -0.4 is 5.32 Å². The molecule has 0 saturated heterocycles. The lowest BCUT2D eigenvalue weighted by molar-refractivity contribution is -0.136. The Kier molecular flexibility index (Phi) is 4.29. The maximum atomic E-state index is 10.5. The van der Waals surface area contributed by atoms with Crippen LogP contribution in [0.3, 0.4) is 0 Å². The molecule has 0 spiro atoms. The van der Waals surface area contributed by atoms with Gasteiger partial charge in [0.1, 0.15) is 0 Å². The Morgan fingerprint density at radius 3 is 2.81 bits per heavy atom. The molecule has 90 valence electrons. The zero-order chi connectivity index (χ0) is 12.2. The predicted molar refractivity (Wildman–Crippen MR) is 66.0 cm³/mol. The highest BCUT2D eigenvalue weighted by atomic mass is 32.1. The summed E-state index contributed by atoms with van der Waals surface area (Å²) in [7, 11) is 0. The molecule has 0 fully saturated rings. The van der Waals surface area contributed by atoms with Crippen LogP contribution in [0.1, 0.15) is 32.9 Å². The van der Waals surface area contributed by atoms with Crippen molar-refractivity contribution >= 4 is 22.4 Å². The van der Waals surface area contributed by atoms with Crippen molar-refractivity contribution in [3.63, 3.8) is 0 Å². The lowest BCUT2D eigenvalue weighted by Crippen LogP contribution is -2.12. The van der Waals surface area contributed by atoms with E-state index in [9.17, 15) is 4.79 Å². The van der Waals surface area contributed by atoms with Gasteiger partial charge in [-0.05, 0) is 11.8 Å². The Labute approximate surface area is 99.7 Å². The first-order chi connectivity index (χ1) is 7.37. The molecule has 0 radical (unpaired) electrons. The first-order valence-corrected chi connectivity index (χ1v) is 6.15.